The molecule has 0 bridgehead atoms. The van der Waals surface area contributed by atoms with Crippen LogP contribution < -0.4 is 0 Å². The molecule has 9 heavy (non-hydrogen) atoms. The van der Waals surface area contributed by atoms with Gasteiger partial charge in [-0.1, -0.05) is 43.0 Å². The number of rotatable bonds is 2. The smallest absolute Gasteiger partial charge is 0.0157 e. The lowest BCUT2D eigenvalue weighted by Crippen LogP contribution is -1.61. The van der Waals surface area contributed by atoms with Crippen LogP contribution in [-0.2, 0) is 0 Å². The van der Waals surface area contributed by atoms with Crippen molar-refractivity contribution in [2.24, 2.45) is 0 Å². The molecule has 0 nitrogen and oxygen atoms in total. The standard InChI is InChI=1S/C9H10/c1-2-3-6-9-7-4-5-8-9/h2-4,6-8H,1,5H2/b6-3-. The number of hydrogen-bond acceptors (Lipinski definition) is 0. The van der Waals surface area contributed by atoms with Crippen LogP contribution in [0, 0.1) is 0 Å². The minimum Gasteiger partial charge on any atom is -0.0991 e. The van der Waals surface area contributed by atoms with Gasteiger partial charge in [-0.3, -0.25) is 0 Å². The molecule has 0 aromatic carbocycles. The van der Waals surface area contributed by atoms with Gasteiger partial charge in [-0.05, 0) is 12.0 Å². The quantitative estimate of drug-likeness (QED) is 0.489. The molecule has 0 atom stereocenters. The molecule has 0 amide bonds. The van der Waals surface area contributed by atoms with Gasteiger partial charge in [-0.2, -0.15) is 0 Å². The van der Waals surface area contributed by atoms with Gasteiger partial charge in [0.25, 0.3) is 0 Å². The molecule has 0 heteroatoms. The van der Waals surface area contributed by atoms with Crippen molar-refractivity contribution >= 4 is 0 Å². The first kappa shape index (κ1) is 6.09. The van der Waals surface area contributed by atoms with Crippen LogP contribution in [0.25, 0.3) is 0 Å². The van der Waals surface area contributed by atoms with E-state index in [9.17, 15) is 0 Å². The van der Waals surface area contributed by atoms with Crippen molar-refractivity contribution in [2.75, 3.05) is 0 Å². The molecule has 46 valence electrons. The Morgan fingerprint density at radius 3 is 3.00 bits per heavy atom. The summed E-state index contributed by atoms with van der Waals surface area (Å²) in [5.74, 6) is 0. The summed E-state index contributed by atoms with van der Waals surface area (Å²) >= 11 is 0. The normalized spacial score (nSPS) is 16.7. The first-order valence-electron chi connectivity index (χ1n) is 3.09. The van der Waals surface area contributed by atoms with Crippen LogP contribution >= 0.6 is 0 Å². The van der Waals surface area contributed by atoms with Crippen molar-refractivity contribution in [1.29, 1.82) is 0 Å². The fraction of sp³-hybridized carbons (Fsp3) is 0.111. The van der Waals surface area contributed by atoms with E-state index in [-0.39, 0.29) is 0 Å². The second kappa shape index (κ2) is 3.08. The van der Waals surface area contributed by atoms with Crippen LogP contribution in [0.4, 0.5) is 0 Å². The molecular weight excluding hydrogens is 108 g/mol. The average molecular weight is 118 g/mol. The topological polar surface area (TPSA) is 0 Å². The predicted octanol–water partition coefficient (Wildman–Crippen LogP) is 2.61. The summed E-state index contributed by atoms with van der Waals surface area (Å²) in [7, 11) is 0. The van der Waals surface area contributed by atoms with Crippen molar-refractivity contribution in [3.63, 3.8) is 0 Å². The summed E-state index contributed by atoms with van der Waals surface area (Å²) in [4.78, 5) is 0. The van der Waals surface area contributed by atoms with E-state index in [2.05, 4.69) is 30.9 Å². The third-order valence-corrected chi connectivity index (χ3v) is 1.22. The Balaban J connectivity index is 2.53. The first-order valence-corrected chi connectivity index (χ1v) is 3.09. The van der Waals surface area contributed by atoms with Crippen LogP contribution in [0.1, 0.15) is 6.42 Å². The van der Waals surface area contributed by atoms with E-state index in [0.29, 0.717) is 0 Å². The van der Waals surface area contributed by atoms with Crippen molar-refractivity contribution in [3.05, 3.63) is 48.6 Å². The van der Waals surface area contributed by atoms with Gasteiger partial charge >= 0.3 is 0 Å². The molecular formula is C9H10. The molecule has 0 saturated carbocycles. The Kier molecular flexibility index (Phi) is 2.08. The van der Waals surface area contributed by atoms with Crippen LogP contribution in [0.2, 0.25) is 0 Å². The Labute approximate surface area is 55.9 Å². The highest BCUT2D eigenvalue weighted by Gasteiger charge is 1.88. The van der Waals surface area contributed by atoms with Crippen molar-refractivity contribution in [3.8, 4) is 0 Å². The third-order valence-electron chi connectivity index (χ3n) is 1.22. The van der Waals surface area contributed by atoms with Gasteiger partial charge in [0.15, 0.2) is 0 Å². The Bertz CT molecular complexity index is 180. The molecule has 0 saturated heterocycles. The monoisotopic (exact) mass is 118 g/mol. The maximum absolute atomic E-state index is 3.58. The summed E-state index contributed by atoms with van der Waals surface area (Å²) in [6, 6.07) is 0. The predicted molar refractivity (Wildman–Crippen MR) is 41.2 cm³/mol. The molecule has 1 aliphatic carbocycles. The van der Waals surface area contributed by atoms with Gasteiger partial charge in [0.1, 0.15) is 0 Å². The van der Waals surface area contributed by atoms with Gasteiger partial charge in [-0.25, -0.2) is 0 Å². The van der Waals surface area contributed by atoms with E-state index < -0.39 is 0 Å². The van der Waals surface area contributed by atoms with Crippen LogP contribution in [0.3, 0.4) is 0 Å². The van der Waals surface area contributed by atoms with E-state index in [1.807, 2.05) is 6.08 Å². The minimum absolute atomic E-state index is 1.08. The van der Waals surface area contributed by atoms with E-state index in [1.54, 1.807) is 6.08 Å². The second-order valence-electron chi connectivity index (χ2n) is 1.94. The Morgan fingerprint density at radius 1 is 1.56 bits per heavy atom. The highest BCUT2D eigenvalue weighted by atomic mass is 13.9. The summed E-state index contributed by atoms with van der Waals surface area (Å²) in [5.41, 5.74) is 1.29. The Morgan fingerprint density at radius 2 is 2.44 bits per heavy atom. The molecule has 0 N–H and O–H groups in total. The zero-order valence-corrected chi connectivity index (χ0v) is 5.38. The molecule has 0 unspecified atom stereocenters. The average Bonchev–Trinajstić information content (AvgIpc) is 2.34. The molecule has 0 aliphatic heterocycles. The van der Waals surface area contributed by atoms with E-state index in [0.717, 1.165) is 6.42 Å². The van der Waals surface area contributed by atoms with Crippen LogP contribution in [-0.4, -0.2) is 0 Å². The van der Waals surface area contributed by atoms with Gasteiger partial charge < -0.3 is 0 Å². The molecule has 1 rings (SSSR count). The minimum atomic E-state index is 1.08. The van der Waals surface area contributed by atoms with Gasteiger partial charge in [0, 0.05) is 0 Å². The van der Waals surface area contributed by atoms with Crippen molar-refractivity contribution in [2.45, 2.75) is 6.42 Å². The summed E-state index contributed by atoms with van der Waals surface area (Å²) < 4.78 is 0. The number of hydrogen-bond donors (Lipinski definition) is 0. The van der Waals surface area contributed by atoms with Crippen molar-refractivity contribution in [1.82, 2.24) is 0 Å². The maximum atomic E-state index is 3.58. The van der Waals surface area contributed by atoms with Crippen LogP contribution in [0.5, 0.6) is 0 Å². The lowest BCUT2D eigenvalue weighted by atomic mass is 10.3. The first-order chi connectivity index (χ1) is 4.43. The second-order valence-corrected chi connectivity index (χ2v) is 1.94. The highest BCUT2D eigenvalue weighted by Crippen LogP contribution is 2.09. The van der Waals surface area contributed by atoms with Crippen LogP contribution in [0.15, 0.2) is 48.6 Å². The summed E-state index contributed by atoms with van der Waals surface area (Å²) in [6.45, 7) is 3.58. The van der Waals surface area contributed by atoms with Crippen molar-refractivity contribution < 1.29 is 0 Å². The maximum Gasteiger partial charge on any atom is -0.0157 e. The number of allylic oxidation sites excluding steroid dienone is 7. The summed E-state index contributed by atoms with van der Waals surface area (Å²) in [5, 5.41) is 0. The van der Waals surface area contributed by atoms with E-state index in [4.69, 9.17) is 0 Å². The van der Waals surface area contributed by atoms with E-state index >= 15 is 0 Å². The largest absolute Gasteiger partial charge is 0.0991 e. The van der Waals surface area contributed by atoms with Gasteiger partial charge in [-0.15, -0.1) is 0 Å². The van der Waals surface area contributed by atoms with Gasteiger partial charge in [0.2, 0.25) is 0 Å². The molecule has 0 spiro atoms. The molecule has 0 fully saturated rings. The molecule has 0 aromatic rings. The lowest BCUT2D eigenvalue weighted by molar-refractivity contribution is 1.44. The van der Waals surface area contributed by atoms with Gasteiger partial charge in [0.05, 0.1) is 0 Å². The zero-order valence-electron chi connectivity index (χ0n) is 5.38. The Hall–Kier alpha value is -1.04. The highest BCUT2D eigenvalue weighted by molar-refractivity contribution is 5.36. The fourth-order valence-corrected chi connectivity index (χ4v) is 0.779. The SMILES string of the molecule is C=C/C=C\C1=CCC=C1. The fourth-order valence-electron chi connectivity index (χ4n) is 0.779. The molecule has 0 aromatic heterocycles. The lowest BCUT2D eigenvalue weighted by Gasteiger charge is -1.81. The summed E-state index contributed by atoms with van der Waals surface area (Å²) in [6.07, 6.45) is 13.3. The molecule has 0 heterocycles. The molecule has 0 radical (unpaired) electrons. The molecule has 1 aliphatic rings. The van der Waals surface area contributed by atoms with E-state index in [1.165, 1.54) is 5.57 Å². The third kappa shape index (κ3) is 1.73. The zero-order chi connectivity index (χ0) is 6.53.